The lowest BCUT2D eigenvalue weighted by molar-refractivity contribution is 0.0963. The first-order valence-electron chi connectivity index (χ1n) is 10.1. The smallest absolute Gasteiger partial charge is 0.251 e. The number of benzene rings is 2. The third kappa shape index (κ3) is 7.39. The highest BCUT2D eigenvalue weighted by Gasteiger charge is 2.05. The molecule has 0 aliphatic carbocycles. The van der Waals surface area contributed by atoms with E-state index in [-0.39, 0.29) is 29.9 Å². The Morgan fingerprint density at radius 2 is 1.87 bits per heavy atom. The van der Waals surface area contributed by atoms with E-state index in [9.17, 15) is 4.79 Å². The molecule has 0 unspecified atom stereocenters. The third-order valence-corrected chi connectivity index (χ3v) is 4.53. The van der Waals surface area contributed by atoms with E-state index in [1.807, 2.05) is 78.5 Å². The van der Waals surface area contributed by atoms with Crippen molar-refractivity contribution in [2.45, 2.75) is 19.9 Å². The predicted octanol–water partition coefficient (Wildman–Crippen LogP) is 3.15. The van der Waals surface area contributed by atoms with E-state index >= 15 is 0 Å². The van der Waals surface area contributed by atoms with Gasteiger partial charge in [-0.15, -0.1) is 24.0 Å². The van der Waals surface area contributed by atoms with Crippen molar-refractivity contribution in [3.05, 3.63) is 83.7 Å². The summed E-state index contributed by atoms with van der Waals surface area (Å²) in [5, 5.41) is 13.8. The molecule has 0 radical (unpaired) electrons. The van der Waals surface area contributed by atoms with Crippen LogP contribution in [0.15, 0.2) is 71.9 Å². The summed E-state index contributed by atoms with van der Waals surface area (Å²) in [6.45, 7) is 4.01. The normalized spacial score (nSPS) is 10.8. The second-order valence-electron chi connectivity index (χ2n) is 6.74. The zero-order valence-electron chi connectivity index (χ0n) is 17.8. The fraction of sp³-hybridized carbons (Fsp3) is 0.261. The fourth-order valence-corrected chi connectivity index (χ4v) is 3.01. The first-order chi connectivity index (χ1) is 14.7. The average molecular weight is 532 g/mol. The molecule has 3 aromatic rings. The van der Waals surface area contributed by atoms with Gasteiger partial charge in [0, 0.05) is 31.9 Å². The van der Waals surface area contributed by atoms with Gasteiger partial charge in [-0.1, -0.05) is 30.3 Å². The number of hydrogen-bond donors (Lipinski definition) is 3. The number of hydrogen-bond acceptors (Lipinski definition) is 3. The van der Waals surface area contributed by atoms with Crippen LogP contribution in [-0.2, 0) is 13.0 Å². The molecule has 0 bridgehead atoms. The SMILES string of the molecule is CCNC(=NCc1ccn(-c2ccccc2)n1)NCCc1cccc(C(=O)NC)c1.I. The van der Waals surface area contributed by atoms with E-state index < -0.39 is 0 Å². The second kappa shape index (κ2) is 12.7. The molecule has 0 saturated carbocycles. The van der Waals surface area contributed by atoms with Gasteiger partial charge in [0.05, 0.1) is 17.9 Å². The molecule has 0 aliphatic rings. The maximum Gasteiger partial charge on any atom is 0.251 e. The Bertz CT molecular complexity index is 986. The van der Waals surface area contributed by atoms with Crippen LogP contribution < -0.4 is 16.0 Å². The standard InChI is InChI=1S/C23H28N6O.HI/c1-3-25-23(26-14-12-18-8-7-9-19(16-18)22(30)24-2)27-17-20-13-15-29(28-20)21-10-5-4-6-11-21;/h4-11,13,15-16H,3,12,14,17H2,1-2H3,(H,24,30)(H2,25,26,27);1H. The Hall–Kier alpha value is -2.88. The molecule has 0 saturated heterocycles. The summed E-state index contributed by atoms with van der Waals surface area (Å²) in [6, 6.07) is 19.6. The summed E-state index contributed by atoms with van der Waals surface area (Å²) in [7, 11) is 1.64. The summed E-state index contributed by atoms with van der Waals surface area (Å²) >= 11 is 0. The molecule has 3 rings (SSSR count). The quantitative estimate of drug-likeness (QED) is 0.237. The number of guanidine groups is 1. The highest BCUT2D eigenvalue weighted by Crippen LogP contribution is 2.08. The van der Waals surface area contributed by atoms with Crippen LogP contribution in [0.5, 0.6) is 0 Å². The van der Waals surface area contributed by atoms with Gasteiger partial charge in [-0.25, -0.2) is 9.67 Å². The van der Waals surface area contributed by atoms with E-state index in [1.54, 1.807) is 7.05 Å². The largest absolute Gasteiger partial charge is 0.357 e. The molecule has 0 spiro atoms. The topological polar surface area (TPSA) is 83.3 Å². The van der Waals surface area contributed by atoms with Crippen molar-refractivity contribution < 1.29 is 4.79 Å². The fourth-order valence-electron chi connectivity index (χ4n) is 3.01. The van der Waals surface area contributed by atoms with Crippen LogP contribution in [0.3, 0.4) is 0 Å². The van der Waals surface area contributed by atoms with Crippen molar-refractivity contribution in [2.75, 3.05) is 20.1 Å². The van der Waals surface area contributed by atoms with Crippen LogP contribution in [0.2, 0.25) is 0 Å². The molecule has 8 heteroatoms. The number of rotatable bonds is 8. The maximum absolute atomic E-state index is 11.8. The van der Waals surface area contributed by atoms with Crippen molar-refractivity contribution in [1.82, 2.24) is 25.7 Å². The molecule has 0 atom stereocenters. The maximum atomic E-state index is 11.8. The van der Waals surface area contributed by atoms with Gasteiger partial charge in [-0.2, -0.15) is 5.10 Å². The molecule has 1 aromatic heterocycles. The van der Waals surface area contributed by atoms with Crippen LogP contribution in [0, 0.1) is 0 Å². The number of halogens is 1. The number of aliphatic imine (C=N–C) groups is 1. The molecule has 2 aromatic carbocycles. The summed E-state index contributed by atoms with van der Waals surface area (Å²) in [4.78, 5) is 16.4. The Morgan fingerprint density at radius 3 is 2.61 bits per heavy atom. The van der Waals surface area contributed by atoms with Gasteiger partial charge in [-0.05, 0) is 49.2 Å². The Kier molecular flexibility index (Phi) is 10.0. The molecular formula is C23H29IN6O. The van der Waals surface area contributed by atoms with Crippen molar-refractivity contribution in [3.8, 4) is 5.69 Å². The lowest BCUT2D eigenvalue weighted by atomic mass is 10.1. The molecule has 0 fully saturated rings. The van der Waals surface area contributed by atoms with E-state index in [4.69, 9.17) is 0 Å². The predicted molar refractivity (Wildman–Crippen MR) is 135 cm³/mol. The van der Waals surface area contributed by atoms with Gasteiger partial charge in [-0.3, -0.25) is 4.79 Å². The zero-order valence-corrected chi connectivity index (χ0v) is 20.2. The molecule has 7 nitrogen and oxygen atoms in total. The Morgan fingerprint density at radius 1 is 1.06 bits per heavy atom. The van der Waals surface area contributed by atoms with E-state index in [1.165, 1.54) is 0 Å². The van der Waals surface area contributed by atoms with Gasteiger partial charge in [0.25, 0.3) is 5.91 Å². The van der Waals surface area contributed by atoms with Crippen LogP contribution in [0.4, 0.5) is 0 Å². The number of amides is 1. The number of aromatic nitrogens is 2. The van der Waals surface area contributed by atoms with Crippen molar-refractivity contribution in [1.29, 1.82) is 0 Å². The average Bonchev–Trinajstić information content (AvgIpc) is 3.27. The highest BCUT2D eigenvalue weighted by atomic mass is 127. The minimum atomic E-state index is -0.0744. The number of carbonyl (C=O) groups is 1. The summed E-state index contributed by atoms with van der Waals surface area (Å²) in [6.07, 6.45) is 2.73. The molecule has 31 heavy (non-hydrogen) atoms. The first-order valence-corrected chi connectivity index (χ1v) is 10.1. The van der Waals surface area contributed by atoms with Crippen molar-refractivity contribution in [3.63, 3.8) is 0 Å². The summed E-state index contributed by atoms with van der Waals surface area (Å²) in [5.41, 5.74) is 3.69. The molecule has 164 valence electrons. The molecule has 0 aliphatic heterocycles. The van der Waals surface area contributed by atoms with E-state index in [0.717, 1.165) is 35.9 Å². The van der Waals surface area contributed by atoms with Gasteiger partial charge < -0.3 is 16.0 Å². The summed E-state index contributed by atoms with van der Waals surface area (Å²) in [5.74, 6) is 0.670. The Labute approximate surface area is 200 Å². The van der Waals surface area contributed by atoms with Crippen molar-refractivity contribution in [2.24, 2.45) is 4.99 Å². The third-order valence-electron chi connectivity index (χ3n) is 4.53. The van der Waals surface area contributed by atoms with Crippen LogP contribution in [-0.4, -0.2) is 41.8 Å². The van der Waals surface area contributed by atoms with E-state index in [2.05, 4.69) is 26.0 Å². The van der Waals surface area contributed by atoms with Crippen molar-refractivity contribution >= 4 is 35.8 Å². The van der Waals surface area contributed by atoms with E-state index in [0.29, 0.717) is 18.7 Å². The van der Waals surface area contributed by atoms with Gasteiger partial charge >= 0.3 is 0 Å². The number of carbonyl (C=O) groups excluding carboxylic acids is 1. The zero-order chi connectivity index (χ0) is 21.2. The number of nitrogens with one attached hydrogen (secondary N) is 3. The molecule has 1 heterocycles. The lowest BCUT2D eigenvalue weighted by Gasteiger charge is -2.11. The first kappa shape index (κ1) is 24.4. The molecule has 1 amide bonds. The Balaban J connectivity index is 0.00000341. The van der Waals surface area contributed by atoms with Crippen LogP contribution >= 0.6 is 24.0 Å². The van der Waals surface area contributed by atoms with Gasteiger partial charge in [0.2, 0.25) is 0 Å². The minimum absolute atomic E-state index is 0. The minimum Gasteiger partial charge on any atom is -0.357 e. The van der Waals surface area contributed by atoms with Gasteiger partial charge in [0.15, 0.2) is 5.96 Å². The number of para-hydroxylation sites is 1. The summed E-state index contributed by atoms with van der Waals surface area (Å²) < 4.78 is 1.85. The molecular weight excluding hydrogens is 503 g/mol. The van der Waals surface area contributed by atoms with Gasteiger partial charge in [0.1, 0.15) is 0 Å². The van der Waals surface area contributed by atoms with Crippen LogP contribution in [0.1, 0.15) is 28.5 Å². The molecule has 3 N–H and O–H groups in total. The van der Waals surface area contributed by atoms with Crippen LogP contribution in [0.25, 0.3) is 5.69 Å². The lowest BCUT2D eigenvalue weighted by Crippen LogP contribution is -2.38. The number of nitrogens with zero attached hydrogens (tertiary/aromatic N) is 3. The highest BCUT2D eigenvalue weighted by molar-refractivity contribution is 14.0. The second-order valence-corrected chi connectivity index (χ2v) is 6.74. The monoisotopic (exact) mass is 532 g/mol.